The number of ketones is 1. The molecule has 6 aromatic rings. The van der Waals surface area contributed by atoms with Gasteiger partial charge in [-0.05, 0) is 128 Å². The van der Waals surface area contributed by atoms with Crippen molar-refractivity contribution < 1.29 is 43.6 Å². The first kappa shape index (κ1) is 48.9. The lowest BCUT2D eigenvalue weighted by Gasteiger charge is -2.31. The zero-order valence-corrected chi connectivity index (χ0v) is 42.1. The second-order valence-corrected chi connectivity index (χ2v) is 20.0. The monoisotopic (exact) mass is 1060 g/mol. The number of benzene rings is 2. The molecule has 2 N–H and O–H groups in total. The molecule has 3 aliphatic heterocycles. The third-order valence-corrected chi connectivity index (χ3v) is 15.6. The summed E-state index contributed by atoms with van der Waals surface area (Å²) in [6.07, 6.45) is 7.01. The van der Waals surface area contributed by atoms with Crippen molar-refractivity contribution >= 4 is 68.1 Å². The van der Waals surface area contributed by atoms with Crippen LogP contribution in [0.25, 0.3) is 44.6 Å². The third-order valence-electron chi connectivity index (χ3n) is 14.3. The number of aromatic nitrogens is 4. The van der Waals surface area contributed by atoms with E-state index in [1.54, 1.807) is 75.0 Å². The molecule has 0 fully saturated rings. The second kappa shape index (κ2) is 19.2. The van der Waals surface area contributed by atoms with E-state index in [0.717, 1.165) is 58.7 Å². The molecular weight excluding hydrogens is 1010 g/mol. The summed E-state index contributed by atoms with van der Waals surface area (Å²) in [5, 5.41) is 24.0. The number of Topliss-reactive ketones (excluding diaryl/α,β-unsaturated/α-hetero) is 1. The summed E-state index contributed by atoms with van der Waals surface area (Å²) in [5.74, 6) is -1.06. The fourth-order valence-electron chi connectivity index (χ4n) is 10.4. The van der Waals surface area contributed by atoms with Crippen LogP contribution in [-0.2, 0) is 72.1 Å². The average molecular weight is 1060 g/mol. The van der Waals surface area contributed by atoms with Crippen molar-refractivity contribution in [2.75, 3.05) is 0 Å². The van der Waals surface area contributed by atoms with E-state index in [0.29, 0.717) is 95.1 Å². The fourth-order valence-corrected chi connectivity index (χ4v) is 10.9. The van der Waals surface area contributed by atoms with E-state index in [-0.39, 0.29) is 66.6 Å². The van der Waals surface area contributed by atoms with E-state index < -0.39 is 21.0 Å². The van der Waals surface area contributed by atoms with E-state index in [9.17, 15) is 39.0 Å². The molecule has 0 spiro atoms. The standard InChI is InChI=1S/C54H55IN4O11/c1-6-32-35-22-31(19-21-43(35)57-49-37(32)26-58-45(49)25-41(34(8-3)50(58)63)54(55,67)29(5)60)70-47(62)17-15-13-11-10-12-14-16-46(61)69-30-18-20-42-36(23-30)33(7-2)38-27-59-44(48(38)56-42)24-40-39(51(59)64)28-68-52(65)53(40,66)9-4/h18-25,66-67H,6-17,26-28H2,1-5H3/t53-,54+/m0/s1. The van der Waals surface area contributed by atoms with Crippen LogP contribution in [0.1, 0.15) is 137 Å². The number of aryl methyl sites for hydroxylation is 2. The van der Waals surface area contributed by atoms with Crippen LogP contribution >= 0.6 is 22.6 Å². The molecule has 0 aliphatic carbocycles. The number of esters is 3. The molecular formula is C54H55IN4O11. The van der Waals surface area contributed by atoms with Gasteiger partial charge in [-0.25, -0.2) is 14.8 Å². The molecule has 7 heterocycles. The Morgan fingerprint density at radius 2 is 1.19 bits per heavy atom. The number of fused-ring (bicyclic) bond motifs is 9. The van der Waals surface area contributed by atoms with Crippen LogP contribution < -0.4 is 20.6 Å². The molecule has 2 aromatic carbocycles. The smallest absolute Gasteiger partial charge is 0.343 e. The SMILES string of the molecule is CCc1c([C@@](O)(I)C(C)=O)cc2n(c1=O)Cc1c-2nc2ccc(OC(=O)CCCCCCCCC(=O)Oc3ccc4nc5c(c(CC)c4c3)Cn3c-5cc4c(c3=O)COC(=O)[C@]4(O)CC)cc2c1CC. The molecule has 70 heavy (non-hydrogen) atoms. The van der Waals surface area contributed by atoms with Gasteiger partial charge >= 0.3 is 17.9 Å². The summed E-state index contributed by atoms with van der Waals surface area (Å²) in [4.78, 5) is 88.2. The van der Waals surface area contributed by atoms with Crippen LogP contribution in [0, 0.1) is 0 Å². The third kappa shape index (κ3) is 8.44. The Labute approximate surface area is 417 Å². The molecule has 16 heteroatoms. The zero-order chi connectivity index (χ0) is 49.8. The number of cyclic esters (lactones) is 1. The zero-order valence-electron chi connectivity index (χ0n) is 40.0. The minimum atomic E-state index is -1.91. The molecule has 0 saturated carbocycles. The highest BCUT2D eigenvalue weighted by atomic mass is 127. The lowest BCUT2D eigenvalue weighted by Crippen LogP contribution is -2.44. The number of pyridine rings is 4. The first-order chi connectivity index (χ1) is 33.5. The van der Waals surface area contributed by atoms with Crippen molar-refractivity contribution in [1.29, 1.82) is 0 Å². The molecule has 3 aliphatic rings. The molecule has 0 amide bonds. The van der Waals surface area contributed by atoms with Crippen LogP contribution in [-0.4, -0.2) is 53.0 Å². The van der Waals surface area contributed by atoms with Gasteiger partial charge in [0, 0.05) is 51.4 Å². The van der Waals surface area contributed by atoms with Crippen LogP contribution in [0.2, 0.25) is 0 Å². The molecule has 0 bridgehead atoms. The highest BCUT2D eigenvalue weighted by molar-refractivity contribution is 14.1. The highest BCUT2D eigenvalue weighted by Crippen LogP contribution is 2.43. The Morgan fingerprint density at radius 1 is 0.700 bits per heavy atom. The van der Waals surface area contributed by atoms with Gasteiger partial charge in [0.25, 0.3) is 11.1 Å². The van der Waals surface area contributed by atoms with Crippen LogP contribution in [0.15, 0.2) is 58.1 Å². The molecule has 364 valence electrons. The van der Waals surface area contributed by atoms with Gasteiger partial charge in [-0.3, -0.25) is 24.0 Å². The predicted molar refractivity (Wildman–Crippen MR) is 270 cm³/mol. The Kier molecular flexibility index (Phi) is 13.4. The number of unbranched alkanes of at least 4 members (excludes halogenated alkanes) is 5. The number of hydrogen-bond acceptors (Lipinski definition) is 13. The fraction of sp³-hybridized carbons (Fsp3) is 0.407. The van der Waals surface area contributed by atoms with Crippen LogP contribution in [0.4, 0.5) is 0 Å². The number of carbonyl (C=O) groups is 4. The Balaban J connectivity index is 0.755. The van der Waals surface area contributed by atoms with Gasteiger partial charge in [0.05, 0.1) is 52.5 Å². The first-order valence-electron chi connectivity index (χ1n) is 24.2. The summed E-state index contributed by atoms with van der Waals surface area (Å²) in [7, 11) is 0. The van der Waals surface area contributed by atoms with Crippen molar-refractivity contribution in [2.45, 2.75) is 141 Å². The van der Waals surface area contributed by atoms with Gasteiger partial charge in [-0.15, -0.1) is 0 Å². The number of alkyl halides is 1. The van der Waals surface area contributed by atoms with Crippen molar-refractivity contribution in [3.8, 4) is 34.3 Å². The molecule has 0 radical (unpaired) electrons. The van der Waals surface area contributed by atoms with Crippen molar-refractivity contribution in [3.63, 3.8) is 0 Å². The first-order valence-corrected chi connectivity index (χ1v) is 25.3. The van der Waals surface area contributed by atoms with E-state index >= 15 is 0 Å². The number of aliphatic hydroxyl groups is 2. The van der Waals surface area contributed by atoms with Crippen LogP contribution in [0.5, 0.6) is 11.5 Å². The molecule has 2 atom stereocenters. The normalized spacial score (nSPS) is 16.3. The molecule has 0 saturated heterocycles. The van der Waals surface area contributed by atoms with E-state index in [4.69, 9.17) is 24.2 Å². The topological polar surface area (TPSA) is 206 Å². The van der Waals surface area contributed by atoms with Crippen molar-refractivity contribution in [2.24, 2.45) is 0 Å². The van der Waals surface area contributed by atoms with E-state index in [1.165, 1.54) is 6.92 Å². The van der Waals surface area contributed by atoms with Crippen molar-refractivity contribution in [3.05, 3.63) is 114 Å². The molecule has 15 nitrogen and oxygen atoms in total. The van der Waals surface area contributed by atoms with Gasteiger partial charge in [0.2, 0.25) is 0 Å². The number of nitrogens with zero attached hydrogens (tertiary/aromatic N) is 4. The maximum Gasteiger partial charge on any atom is 0.343 e. The quantitative estimate of drug-likeness (QED) is 0.0290. The van der Waals surface area contributed by atoms with Crippen LogP contribution in [0.3, 0.4) is 0 Å². The number of halogens is 1. The van der Waals surface area contributed by atoms with Gasteiger partial charge < -0.3 is 33.6 Å². The summed E-state index contributed by atoms with van der Waals surface area (Å²) in [6.45, 7) is 9.25. The molecule has 0 unspecified atom stereocenters. The summed E-state index contributed by atoms with van der Waals surface area (Å²) < 4.78 is 18.2. The average Bonchev–Trinajstić information content (AvgIpc) is 3.90. The van der Waals surface area contributed by atoms with Crippen molar-refractivity contribution in [1.82, 2.24) is 19.1 Å². The maximum atomic E-state index is 13.7. The summed E-state index contributed by atoms with van der Waals surface area (Å²) >= 11 is 1.70. The second-order valence-electron chi connectivity index (χ2n) is 18.4. The maximum absolute atomic E-state index is 13.7. The molecule has 9 rings (SSSR count). The number of ether oxygens (including phenoxy) is 3. The number of carbonyl (C=O) groups excluding carboxylic acids is 4. The summed E-state index contributed by atoms with van der Waals surface area (Å²) in [6, 6.07) is 14.1. The largest absolute Gasteiger partial charge is 0.458 e. The number of rotatable bonds is 17. The Bertz CT molecular complexity index is 3140. The van der Waals surface area contributed by atoms with Gasteiger partial charge in [-0.1, -0.05) is 53.4 Å². The Hall–Kier alpha value is -6.11. The highest BCUT2D eigenvalue weighted by Gasteiger charge is 2.46. The van der Waals surface area contributed by atoms with Gasteiger partial charge in [0.15, 0.2) is 15.0 Å². The minimum Gasteiger partial charge on any atom is -0.458 e. The van der Waals surface area contributed by atoms with E-state index in [2.05, 4.69) is 0 Å². The summed E-state index contributed by atoms with van der Waals surface area (Å²) in [5.41, 5.74) is 6.19. The Morgan fingerprint density at radius 3 is 1.67 bits per heavy atom. The molecule has 4 aromatic heterocycles. The minimum absolute atomic E-state index is 0.0611. The van der Waals surface area contributed by atoms with E-state index in [1.807, 2.05) is 32.9 Å². The predicted octanol–water partition coefficient (Wildman–Crippen LogP) is 8.31. The lowest BCUT2D eigenvalue weighted by atomic mass is 9.86. The van der Waals surface area contributed by atoms with Gasteiger partial charge in [-0.2, -0.15) is 0 Å². The lowest BCUT2D eigenvalue weighted by molar-refractivity contribution is -0.172. The van der Waals surface area contributed by atoms with Gasteiger partial charge in [0.1, 0.15) is 18.1 Å². The number of hydrogen-bond donors (Lipinski definition) is 2.